The van der Waals surface area contributed by atoms with E-state index in [-0.39, 0.29) is 35.6 Å². The summed E-state index contributed by atoms with van der Waals surface area (Å²) in [5.74, 6) is 2.78. The molecule has 4 aromatic heterocycles. The molecule has 2 bridgehead atoms. The van der Waals surface area contributed by atoms with E-state index in [2.05, 4.69) is 54.8 Å². The van der Waals surface area contributed by atoms with Crippen LogP contribution in [0.25, 0.3) is 56.2 Å². The predicted molar refractivity (Wildman–Crippen MR) is 212 cm³/mol. The Morgan fingerprint density at radius 3 is 1.30 bits per heavy atom. The van der Waals surface area contributed by atoms with Crippen LogP contribution in [0.15, 0.2) is 141 Å². The summed E-state index contributed by atoms with van der Waals surface area (Å²) in [6.45, 7) is 4.31. The van der Waals surface area contributed by atoms with Gasteiger partial charge in [-0.2, -0.15) is 15.0 Å². The number of hydrogen-bond acceptors (Lipinski definition) is 9. The fraction of sp³-hybridized carbons (Fsp3) is 0.217. The van der Waals surface area contributed by atoms with E-state index >= 15 is 0 Å². The van der Waals surface area contributed by atoms with E-state index in [1.165, 1.54) is 32.9 Å². The van der Waals surface area contributed by atoms with Gasteiger partial charge in [-0.15, -0.1) is 0 Å². The first-order valence-electron chi connectivity index (χ1n) is 19.3. The highest BCUT2D eigenvalue weighted by molar-refractivity contribution is 6.08. The molecular weight excluding hydrogens is 699 g/mol. The Labute approximate surface area is 322 Å². The average molecular weight is 736 g/mol. The van der Waals surface area contributed by atoms with Crippen molar-refractivity contribution in [3.05, 3.63) is 156 Å². The van der Waals surface area contributed by atoms with E-state index in [1.54, 1.807) is 0 Å². The fourth-order valence-electron chi connectivity index (χ4n) is 9.79. The lowest BCUT2D eigenvalue weighted by molar-refractivity contribution is 0.0218. The molecule has 3 aliphatic rings. The van der Waals surface area contributed by atoms with Gasteiger partial charge in [-0.3, -0.25) is 0 Å². The number of rotatable bonds is 7. The van der Waals surface area contributed by atoms with Crippen molar-refractivity contribution >= 4 is 21.8 Å². The highest BCUT2D eigenvalue weighted by Gasteiger charge is 2.60. The molecule has 3 fully saturated rings. The molecule has 3 aliphatic carbocycles. The first kappa shape index (κ1) is 32.7. The van der Waals surface area contributed by atoms with Crippen molar-refractivity contribution in [3.8, 4) is 34.4 Å². The van der Waals surface area contributed by atoms with Crippen molar-refractivity contribution in [3.63, 3.8) is 0 Å². The van der Waals surface area contributed by atoms with E-state index < -0.39 is 0 Å². The third-order valence-corrected chi connectivity index (χ3v) is 12.1. The second kappa shape index (κ2) is 13.0. The molecule has 0 spiro atoms. The number of aryl methyl sites for hydroxylation is 2. The lowest BCUT2D eigenvalue weighted by atomic mass is 9.51. The van der Waals surface area contributed by atoms with Gasteiger partial charge in [0, 0.05) is 62.3 Å². The van der Waals surface area contributed by atoms with Gasteiger partial charge in [-0.25, -0.2) is 0 Å². The summed E-state index contributed by atoms with van der Waals surface area (Å²) >= 11 is 0. The number of nitrogens with zero attached hydrogens (tertiary/aromatic N) is 7. The summed E-state index contributed by atoms with van der Waals surface area (Å²) in [5, 5.41) is 16.7. The van der Waals surface area contributed by atoms with E-state index in [9.17, 15) is 0 Å². The van der Waals surface area contributed by atoms with E-state index in [0.717, 1.165) is 29.5 Å². The first-order valence-corrected chi connectivity index (χ1v) is 19.3. The number of hydrogen-bond donors (Lipinski definition) is 0. The Morgan fingerprint density at radius 2 is 0.857 bits per heavy atom. The minimum absolute atomic E-state index is 0.00924. The topological polar surface area (TPSA) is 122 Å². The summed E-state index contributed by atoms with van der Waals surface area (Å²) < 4.78 is 20.7. The minimum atomic E-state index is -0.228. The molecular formula is C46H37N7O3. The molecule has 0 amide bonds. The van der Waals surface area contributed by atoms with Crippen LogP contribution in [0.1, 0.15) is 65.2 Å². The smallest absolute Gasteiger partial charge is 0.257 e. The SMILES string of the molecule is Cc1ccc2c(c1)c1cc(C)ccc1n2C1C2CCC(C(c3noc(-c4ccccc4)n3)C2c2noc(-c3ccccc3)n2)C1c1noc(-c2ccccc2)n1. The summed E-state index contributed by atoms with van der Waals surface area (Å²) in [6.07, 6.45) is 1.82. The number of benzene rings is 5. The van der Waals surface area contributed by atoms with Crippen molar-refractivity contribution in [1.82, 2.24) is 35.0 Å². The maximum absolute atomic E-state index is 6.09. The highest BCUT2D eigenvalue weighted by Crippen LogP contribution is 2.66. The molecule has 0 aliphatic heterocycles. The Kier molecular flexibility index (Phi) is 7.58. The quantitative estimate of drug-likeness (QED) is 0.157. The Bertz CT molecular complexity index is 2780. The summed E-state index contributed by atoms with van der Waals surface area (Å²) in [5.41, 5.74) is 7.40. The van der Waals surface area contributed by atoms with Crippen molar-refractivity contribution in [2.45, 2.75) is 50.5 Å². The Balaban J connectivity index is 1.15. The molecule has 10 heteroatoms. The van der Waals surface area contributed by atoms with Crippen LogP contribution in [-0.4, -0.2) is 35.0 Å². The van der Waals surface area contributed by atoms with Crippen LogP contribution in [0.2, 0.25) is 0 Å². The van der Waals surface area contributed by atoms with Gasteiger partial charge in [0.15, 0.2) is 17.5 Å². The van der Waals surface area contributed by atoms with Crippen molar-refractivity contribution in [1.29, 1.82) is 0 Å². The summed E-state index contributed by atoms with van der Waals surface area (Å²) in [6, 6.07) is 43.3. The molecule has 0 N–H and O–H groups in total. The molecule has 0 radical (unpaired) electrons. The summed E-state index contributed by atoms with van der Waals surface area (Å²) in [7, 11) is 0. The van der Waals surface area contributed by atoms with Crippen molar-refractivity contribution < 1.29 is 13.6 Å². The van der Waals surface area contributed by atoms with Gasteiger partial charge < -0.3 is 18.1 Å². The molecule has 5 aromatic carbocycles. The fourth-order valence-corrected chi connectivity index (χ4v) is 9.79. The zero-order valence-corrected chi connectivity index (χ0v) is 30.9. The lowest BCUT2D eigenvalue weighted by Crippen LogP contribution is -2.49. The molecule has 12 rings (SSSR count). The zero-order chi connectivity index (χ0) is 37.3. The van der Waals surface area contributed by atoms with E-state index in [1.807, 2.05) is 91.0 Å². The Morgan fingerprint density at radius 1 is 0.464 bits per heavy atom. The highest BCUT2D eigenvalue weighted by atomic mass is 16.5. The molecule has 9 aromatic rings. The molecule has 0 saturated heterocycles. The first-order chi connectivity index (χ1) is 27.6. The molecule has 56 heavy (non-hydrogen) atoms. The van der Waals surface area contributed by atoms with Gasteiger partial charge in [0.05, 0.1) is 0 Å². The van der Waals surface area contributed by atoms with Crippen LogP contribution in [-0.2, 0) is 0 Å². The largest absolute Gasteiger partial charge is 0.336 e. The number of fused-ring (bicyclic) bond motifs is 6. The molecule has 4 heterocycles. The van der Waals surface area contributed by atoms with Gasteiger partial charge >= 0.3 is 0 Å². The summed E-state index contributed by atoms with van der Waals surface area (Å²) in [4.78, 5) is 15.5. The van der Waals surface area contributed by atoms with Crippen LogP contribution >= 0.6 is 0 Å². The maximum Gasteiger partial charge on any atom is 0.257 e. The van der Waals surface area contributed by atoms with Crippen LogP contribution in [0.4, 0.5) is 0 Å². The third-order valence-electron chi connectivity index (χ3n) is 12.1. The van der Waals surface area contributed by atoms with E-state index in [4.69, 9.17) is 44.0 Å². The second-order valence-corrected chi connectivity index (χ2v) is 15.4. The van der Waals surface area contributed by atoms with Crippen molar-refractivity contribution in [2.24, 2.45) is 11.8 Å². The van der Waals surface area contributed by atoms with Crippen LogP contribution in [0, 0.1) is 25.7 Å². The minimum Gasteiger partial charge on any atom is -0.336 e. The van der Waals surface area contributed by atoms with Crippen LogP contribution in [0.5, 0.6) is 0 Å². The monoisotopic (exact) mass is 735 g/mol. The lowest BCUT2D eigenvalue weighted by Gasteiger charge is -2.54. The van der Waals surface area contributed by atoms with E-state index in [0.29, 0.717) is 35.1 Å². The normalized spacial score (nSPS) is 22.0. The molecule has 3 saturated carbocycles. The van der Waals surface area contributed by atoms with Crippen molar-refractivity contribution in [2.75, 3.05) is 0 Å². The van der Waals surface area contributed by atoms with Gasteiger partial charge in [-0.05, 0) is 99.2 Å². The second-order valence-electron chi connectivity index (χ2n) is 15.4. The average Bonchev–Trinajstić information content (AvgIpc) is 4.08. The van der Waals surface area contributed by atoms with Gasteiger partial charge in [-0.1, -0.05) is 93.3 Å². The van der Waals surface area contributed by atoms with Crippen LogP contribution < -0.4 is 0 Å². The maximum atomic E-state index is 6.09. The molecule has 6 unspecified atom stereocenters. The van der Waals surface area contributed by atoms with Gasteiger partial charge in [0.2, 0.25) is 0 Å². The zero-order valence-electron chi connectivity index (χ0n) is 30.9. The van der Waals surface area contributed by atoms with Crippen LogP contribution in [0.3, 0.4) is 0 Å². The molecule has 274 valence electrons. The molecule has 10 nitrogen and oxygen atoms in total. The standard InChI is InChI=1S/C46H37N7O3/c1-26-18-22-35-33(24-26)34-25-27(2)19-23-36(34)53(35)40-32-21-20-31(39(40)43-49-46(56-52-43)30-16-10-5-11-17-30)37(41-47-44(54-50-41)28-12-6-3-7-13-28)38(32)42-48-45(55-51-42)29-14-8-4-9-15-29/h3-19,22-25,31-32,37-40H,20-21H2,1-2H3. The van der Waals surface area contributed by atoms with Gasteiger partial charge in [0.1, 0.15) is 0 Å². The Hall–Kier alpha value is -6.68. The predicted octanol–water partition coefficient (Wildman–Crippen LogP) is 10.5. The third kappa shape index (κ3) is 5.23. The number of aromatic nitrogens is 7. The van der Waals surface area contributed by atoms with Gasteiger partial charge in [0.25, 0.3) is 17.7 Å². The molecule has 6 atom stereocenters.